The predicted molar refractivity (Wildman–Crippen MR) is 57.2 cm³/mol. The summed E-state index contributed by atoms with van der Waals surface area (Å²) in [6.45, 7) is 4.31. The first-order valence-electron chi connectivity index (χ1n) is 6.05. The van der Waals surface area contributed by atoms with Crippen LogP contribution in [0.15, 0.2) is 12.2 Å². The average Bonchev–Trinajstić information content (AvgIpc) is 2.90. The molecule has 3 rings (SSSR count). The van der Waals surface area contributed by atoms with Crippen LogP contribution in [-0.2, 0) is 14.3 Å². The first-order valence-corrected chi connectivity index (χ1v) is 6.05. The maximum atomic E-state index is 11.8. The van der Waals surface area contributed by atoms with Crippen LogP contribution >= 0.6 is 0 Å². The smallest absolute Gasteiger partial charge is 0.318 e. The standard InChI is InChI=1S/C13H16O3/c1-3-7(2)13-5-4-8(6-13)9-10(13)12(15)16-11(9)14/h4-5,7-10H,3,6H2,1-2H3. The Morgan fingerprint density at radius 1 is 1.50 bits per heavy atom. The number of allylic oxidation sites excluding steroid dienone is 2. The van der Waals surface area contributed by atoms with Crippen molar-refractivity contribution in [3.05, 3.63) is 12.2 Å². The maximum absolute atomic E-state index is 11.8. The van der Waals surface area contributed by atoms with Crippen LogP contribution in [0.2, 0.25) is 0 Å². The zero-order chi connectivity index (χ0) is 11.5. The summed E-state index contributed by atoms with van der Waals surface area (Å²) in [6.07, 6.45) is 6.28. The highest BCUT2D eigenvalue weighted by Crippen LogP contribution is 2.63. The molecule has 86 valence electrons. The Morgan fingerprint density at radius 2 is 2.25 bits per heavy atom. The minimum absolute atomic E-state index is 0.104. The molecule has 3 nitrogen and oxygen atoms in total. The number of hydrogen-bond donors (Lipinski definition) is 0. The SMILES string of the molecule is CCC(C)C12C=CC(C1)C1C(=O)OC(=O)C12. The van der Waals surface area contributed by atoms with E-state index in [2.05, 4.69) is 26.0 Å². The Balaban J connectivity index is 2.06. The van der Waals surface area contributed by atoms with E-state index < -0.39 is 0 Å². The fourth-order valence-electron chi connectivity index (χ4n) is 3.87. The van der Waals surface area contributed by atoms with Crippen LogP contribution in [0.5, 0.6) is 0 Å². The van der Waals surface area contributed by atoms with Gasteiger partial charge in [-0.3, -0.25) is 9.59 Å². The van der Waals surface area contributed by atoms with Gasteiger partial charge >= 0.3 is 11.9 Å². The van der Waals surface area contributed by atoms with Gasteiger partial charge in [-0.15, -0.1) is 0 Å². The molecule has 0 aromatic heterocycles. The van der Waals surface area contributed by atoms with Crippen molar-refractivity contribution in [2.75, 3.05) is 0 Å². The number of hydrogen-bond acceptors (Lipinski definition) is 3. The number of ether oxygens (including phenoxy) is 1. The molecule has 0 amide bonds. The van der Waals surface area contributed by atoms with Gasteiger partial charge in [0.25, 0.3) is 0 Å². The number of esters is 2. The van der Waals surface area contributed by atoms with E-state index in [1.54, 1.807) is 0 Å². The average molecular weight is 220 g/mol. The van der Waals surface area contributed by atoms with E-state index in [-0.39, 0.29) is 35.1 Å². The van der Waals surface area contributed by atoms with Crippen LogP contribution in [0.4, 0.5) is 0 Å². The monoisotopic (exact) mass is 220 g/mol. The Morgan fingerprint density at radius 3 is 2.94 bits per heavy atom. The second-order valence-electron chi connectivity index (χ2n) is 5.39. The number of cyclic esters (lactones) is 2. The highest BCUT2D eigenvalue weighted by Gasteiger charge is 2.66. The van der Waals surface area contributed by atoms with Gasteiger partial charge < -0.3 is 4.74 Å². The van der Waals surface area contributed by atoms with Gasteiger partial charge in [0, 0.05) is 5.41 Å². The molecular weight excluding hydrogens is 204 g/mol. The second kappa shape index (κ2) is 2.96. The molecular formula is C13H16O3. The summed E-state index contributed by atoms with van der Waals surface area (Å²) in [7, 11) is 0. The molecule has 0 spiro atoms. The number of rotatable bonds is 2. The molecule has 2 bridgehead atoms. The lowest BCUT2D eigenvalue weighted by Crippen LogP contribution is -2.35. The molecule has 3 heteroatoms. The lowest BCUT2D eigenvalue weighted by Gasteiger charge is -2.34. The van der Waals surface area contributed by atoms with Crippen LogP contribution in [0.1, 0.15) is 26.7 Å². The van der Waals surface area contributed by atoms with Crippen molar-refractivity contribution in [2.45, 2.75) is 26.7 Å². The van der Waals surface area contributed by atoms with Crippen molar-refractivity contribution in [3.8, 4) is 0 Å². The molecule has 0 aromatic carbocycles. The van der Waals surface area contributed by atoms with E-state index in [9.17, 15) is 9.59 Å². The van der Waals surface area contributed by atoms with Gasteiger partial charge in [-0.05, 0) is 18.3 Å². The molecule has 1 aliphatic heterocycles. The summed E-state index contributed by atoms with van der Waals surface area (Å²) in [5.74, 6) is -0.312. The second-order valence-corrected chi connectivity index (χ2v) is 5.39. The third-order valence-corrected chi connectivity index (χ3v) is 4.90. The van der Waals surface area contributed by atoms with Crippen LogP contribution in [-0.4, -0.2) is 11.9 Å². The lowest BCUT2D eigenvalue weighted by atomic mass is 9.66. The summed E-state index contributed by atoms with van der Waals surface area (Å²) >= 11 is 0. The molecule has 0 N–H and O–H groups in total. The van der Waals surface area contributed by atoms with E-state index in [4.69, 9.17) is 4.74 Å². The highest BCUT2D eigenvalue weighted by atomic mass is 16.6. The summed E-state index contributed by atoms with van der Waals surface area (Å²) in [5, 5.41) is 0. The van der Waals surface area contributed by atoms with Gasteiger partial charge in [0.2, 0.25) is 0 Å². The fourth-order valence-corrected chi connectivity index (χ4v) is 3.87. The third-order valence-electron chi connectivity index (χ3n) is 4.90. The Hall–Kier alpha value is -1.12. The Bertz CT molecular complexity index is 398. The van der Waals surface area contributed by atoms with Gasteiger partial charge in [0.05, 0.1) is 11.8 Å². The van der Waals surface area contributed by atoms with Crippen LogP contribution < -0.4 is 0 Å². The van der Waals surface area contributed by atoms with Gasteiger partial charge in [0.15, 0.2) is 0 Å². The van der Waals surface area contributed by atoms with E-state index in [1.807, 2.05) is 0 Å². The zero-order valence-electron chi connectivity index (χ0n) is 9.60. The number of fused-ring (bicyclic) bond motifs is 5. The fraction of sp³-hybridized carbons (Fsp3) is 0.692. The van der Waals surface area contributed by atoms with Gasteiger partial charge in [0.1, 0.15) is 0 Å². The quantitative estimate of drug-likeness (QED) is 0.405. The van der Waals surface area contributed by atoms with Crippen LogP contribution in [0.3, 0.4) is 0 Å². The highest BCUT2D eigenvalue weighted by molar-refractivity contribution is 5.98. The largest absolute Gasteiger partial charge is 0.393 e. The Kier molecular flexibility index (Phi) is 1.86. The van der Waals surface area contributed by atoms with Crippen molar-refractivity contribution in [1.29, 1.82) is 0 Å². The minimum Gasteiger partial charge on any atom is -0.393 e. The maximum Gasteiger partial charge on any atom is 0.318 e. The number of carbonyl (C=O) groups excluding carboxylic acids is 2. The van der Waals surface area contributed by atoms with Crippen molar-refractivity contribution >= 4 is 11.9 Å². The van der Waals surface area contributed by atoms with E-state index >= 15 is 0 Å². The molecule has 0 aromatic rings. The minimum atomic E-state index is -0.297. The molecule has 2 aliphatic carbocycles. The predicted octanol–water partition coefficient (Wildman–Crippen LogP) is 1.92. The lowest BCUT2D eigenvalue weighted by molar-refractivity contribution is -0.155. The first kappa shape index (κ1) is 10.1. The molecule has 3 aliphatic rings. The van der Waals surface area contributed by atoms with Gasteiger partial charge in [-0.1, -0.05) is 32.4 Å². The van der Waals surface area contributed by atoms with Gasteiger partial charge in [-0.25, -0.2) is 0 Å². The zero-order valence-corrected chi connectivity index (χ0v) is 9.60. The van der Waals surface area contributed by atoms with Crippen molar-refractivity contribution < 1.29 is 14.3 Å². The van der Waals surface area contributed by atoms with Crippen molar-refractivity contribution in [1.82, 2.24) is 0 Å². The van der Waals surface area contributed by atoms with Crippen molar-refractivity contribution in [3.63, 3.8) is 0 Å². The van der Waals surface area contributed by atoms with E-state index in [1.165, 1.54) is 0 Å². The van der Waals surface area contributed by atoms with E-state index in [0.717, 1.165) is 12.8 Å². The third kappa shape index (κ3) is 0.944. The first-order chi connectivity index (χ1) is 7.60. The van der Waals surface area contributed by atoms with Crippen LogP contribution in [0, 0.1) is 29.1 Å². The molecule has 2 fully saturated rings. The summed E-state index contributed by atoms with van der Waals surface area (Å²) in [5.41, 5.74) is -0.104. The molecule has 0 radical (unpaired) electrons. The van der Waals surface area contributed by atoms with Gasteiger partial charge in [-0.2, -0.15) is 0 Å². The summed E-state index contributed by atoms with van der Waals surface area (Å²) in [4.78, 5) is 23.4. The summed E-state index contributed by atoms with van der Waals surface area (Å²) in [6, 6.07) is 0. The molecule has 1 heterocycles. The molecule has 5 unspecified atom stereocenters. The summed E-state index contributed by atoms with van der Waals surface area (Å²) < 4.78 is 4.81. The molecule has 1 saturated carbocycles. The Labute approximate surface area is 94.8 Å². The van der Waals surface area contributed by atoms with E-state index in [0.29, 0.717) is 5.92 Å². The molecule has 5 atom stereocenters. The van der Waals surface area contributed by atoms with Crippen LogP contribution in [0.25, 0.3) is 0 Å². The molecule has 16 heavy (non-hydrogen) atoms. The topological polar surface area (TPSA) is 43.4 Å². The normalized spacial score (nSPS) is 46.0. The number of carbonyl (C=O) groups is 2. The van der Waals surface area contributed by atoms with Crippen molar-refractivity contribution in [2.24, 2.45) is 29.1 Å². The molecule has 1 saturated heterocycles.